The smallest absolute Gasteiger partial charge is 0.0813 e. The molecule has 2 nitrogen and oxygen atoms in total. The van der Waals surface area contributed by atoms with E-state index in [0.29, 0.717) is 12.2 Å². The Balaban J connectivity index is 2.16. The van der Waals surface area contributed by atoms with Crippen LogP contribution in [0.3, 0.4) is 0 Å². The van der Waals surface area contributed by atoms with Gasteiger partial charge in [-0.3, -0.25) is 0 Å². The maximum atomic E-state index is 5.64. The highest BCUT2D eigenvalue weighted by atomic mass is 16.6. The van der Waals surface area contributed by atoms with E-state index in [1.54, 1.807) is 0 Å². The second-order valence-corrected chi connectivity index (χ2v) is 4.57. The van der Waals surface area contributed by atoms with E-state index < -0.39 is 0 Å². The van der Waals surface area contributed by atoms with Gasteiger partial charge in [-0.25, -0.2) is 0 Å². The molecule has 2 atom stereocenters. The molecule has 0 spiro atoms. The van der Waals surface area contributed by atoms with E-state index in [-0.39, 0.29) is 5.60 Å². The Labute approximate surface area is 75.2 Å². The van der Waals surface area contributed by atoms with Gasteiger partial charge in [0.2, 0.25) is 0 Å². The fourth-order valence-corrected chi connectivity index (χ4v) is 1.35. The fourth-order valence-electron chi connectivity index (χ4n) is 1.35. The van der Waals surface area contributed by atoms with Gasteiger partial charge in [-0.2, -0.15) is 0 Å². The lowest BCUT2D eigenvalue weighted by molar-refractivity contribution is -0.0666. The first-order valence-corrected chi connectivity index (χ1v) is 4.77. The summed E-state index contributed by atoms with van der Waals surface area (Å²) >= 11 is 0. The minimum Gasteiger partial charge on any atom is -0.373 e. The zero-order chi connectivity index (χ0) is 9.19. The monoisotopic (exact) mass is 172 g/mol. The van der Waals surface area contributed by atoms with Crippen molar-refractivity contribution in [1.82, 2.24) is 0 Å². The molecule has 1 heterocycles. The molecule has 12 heavy (non-hydrogen) atoms. The lowest BCUT2D eigenvalue weighted by Crippen LogP contribution is -2.26. The van der Waals surface area contributed by atoms with Crippen LogP contribution in [0.25, 0.3) is 0 Å². The molecule has 1 aliphatic rings. The second kappa shape index (κ2) is 3.75. The molecular formula is C10H20O2. The third kappa shape index (κ3) is 3.55. The van der Waals surface area contributed by atoms with Gasteiger partial charge in [-0.15, -0.1) is 0 Å². The maximum absolute atomic E-state index is 5.64. The van der Waals surface area contributed by atoms with E-state index in [4.69, 9.17) is 9.47 Å². The standard InChI is InChI=1S/C10H20O2/c1-8-5-6-9(12-8)7-11-10(2,3)4/h8-9H,5-7H2,1-4H3/t8-,9-/m0/s1. The summed E-state index contributed by atoms with van der Waals surface area (Å²) < 4.78 is 11.3. The average molecular weight is 172 g/mol. The summed E-state index contributed by atoms with van der Waals surface area (Å²) in [6.07, 6.45) is 3.09. The van der Waals surface area contributed by atoms with Gasteiger partial charge in [0.15, 0.2) is 0 Å². The molecule has 0 unspecified atom stereocenters. The Morgan fingerprint density at radius 1 is 1.33 bits per heavy atom. The van der Waals surface area contributed by atoms with E-state index >= 15 is 0 Å². The van der Waals surface area contributed by atoms with Gasteiger partial charge >= 0.3 is 0 Å². The van der Waals surface area contributed by atoms with Gasteiger partial charge in [-0.1, -0.05) is 0 Å². The van der Waals surface area contributed by atoms with Crippen LogP contribution in [-0.4, -0.2) is 24.4 Å². The highest BCUT2D eigenvalue weighted by Crippen LogP contribution is 2.20. The first-order chi connectivity index (χ1) is 5.47. The Morgan fingerprint density at radius 3 is 2.42 bits per heavy atom. The molecule has 1 aliphatic heterocycles. The van der Waals surface area contributed by atoms with Crippen LogP contribution in [0.5, 0.6) is 0 Å². The Bertz CT molecular complexity index is 137. The Hall–Kier alpha value is -0.0800. The molecular weight excluding hydrogens is 152 g/mol. The molecule has 0 aromatic heterocycles. The molecule has 0 N–H and O–H groups in total. The first kappa shape index (κ1) is 10.0. The Morgan fingerprint density at radius 2 is 2.00 bits per heavy atom. The van der Waals surface area contributed by atoms with Crippen molar-refractivity contribution in [2.75, 3.05) is 6.61 Å². The van der Waals surface area contributed by atoms with Crippen molar-refractivity contribution in [3.05, 3.63) is 0 Å². The van der Waals surface area contributed by atoms with Gasteiger partial charge in [0.25, 0.3) is 0 Å². The predicted molar refractivity (Wildman–Crippen MR) is 49.3 cm³/mol. The van der Waals surface area contributed by atoms with Crippen molar-refractivity contribution >= 4 is 0 Å². The van der Waals surface area contributed by atoms with Crippen molar-refractivity contribution in [1.29, 1.82) is 0 Å². The molecule has 0 saturated carbocycles. The highest BCUT2D eigenvalue weighted by molar-refractivity contribution is 4.71. The van der Waals surface area contributed by atoms with E-state index in [0.717, 1.165) is 13.0 Å². The zero-order valence-corrected chi connectivity index (χ0v) is 8.59. The third-order valence-corrected chi connectivity index (χ3v) is 2.02. The molecule has 72 valence electrons. The van der Waals surface area contributed by atoms with Crippen molar-refractivity contribution in [2.24, 2.45) is 0 Å². The predicted octanol–water partition coefficient (Wildman–Crippen LogP) is 2.37. The number of hydrogen-bond donors (Lipinski definition) is 0. The quantitative estimate of drug-likeness (QED) is 0.636. The molecule has 0 radical (unpaired) electrons. The van der Waals surface area contributed by atoms with Gasteiger partial charge in [0.05, 0.1) is 24.4 Å². The number of ether oxygens (including phenoxy) is 2. The first-order valence-electron chi connectivity index (χ1n) is 4.77. The number of hydrogen-bond acceptors (Lipinski definition) is 2. The summed E-state index contributed by atoms with van der Waals surface area (Å²) in [5.41, 5.74) is -0.0326. The molecule has 1 rings (SSSR count). The van der Waals surface area contributed by atoms with Crippen LogP contribution in [-0.2, 0) is 9.47 Å². The topological polar surface area (TPSA) is 18.5 Å². The van der Waals surface area contributed by atoms with E-state index in [1.165, 1.54) is 6.42 Å². The molecule has 0 aromatic carbocycles. The zero-order valence-electron chi connectivity index (χ0n) is 8.59. The average Bonchev–Trinajstić information content (AvgIpc) is 2.30. The molecule has 0 aliphatic carbocycles. The summed E-state index contributed by atoms with van der Waals surface area (Å²) in [4.78, 5) is 0. The van der Waals surface area contributed by atoms with Crippen LogP contribution >= 0.6 is 0 Å². The summed E-state index contributed by atoms with van der Waals surface area (Å²) in [6, 6.07) is 0. The van der Waals surface area contributed by atoms with E-state index in [9.17, 15) is 0 Å². The molecule has 1 fully saturated rings. The normalized spacial score (nSPS) is 31.0. The second-order valence-electron chi connectivity index (χ2n) is 4.57. The molecule has 2 heteroatoms. The van der Waals surface area contributed by atoms with Gasteiger partial charge in [0, 0.05) is 0 Å². The van der Waals surface area contributed by atoms with Crippen LogP contribution in [0.2, 0.25) is 0 Å². The van der Waals surface area contributed by atoms with E-state index in [1.807, 2.05) is 0 Å². The highest BCUT2D eigenvalue weighted by Gasteiger charge is 2.23. The lowest BCUT2D eigenvalue weighted by atomic mass is 10.2. The maximum Gasteiger partial charge on any atom is 0.0813 e. The summed E-state index contributed by atoms with van der Waals surface area (Å²) in [6.45, 7) is 9.09. The SMILES string of the molecule is C[C@H]1CC[C@@H](COC(C)(C)C)O1. The van der Waals surface area contributed by atoms with Crippen LogP contribution < -0.4 is 0 Å². The molecule has 1 saturated heterocycles. The van der Waals surface area contributed by atoms with Crippen molar-refractivity contribution in [3.63, 3.8) is 0 Å². The van der Waals surface area contributed by atoms with Crippen LogP contribution in [0, 0.1) is 0 Å². The van der Waals surface area contributed by atoms with Gasteiger partial charge < -0.3 is 9.47 Å². The lowest BCUT2D eigenvalue weighted by Gasteiger charge is -2.22. The largest absolute Gasteiger partial charge is 0.373 e. The molecule has 0 amide bonds. The van der Waals surface area contributed by atoms with Gasteiger partial charge in [0.1, 0.15) is 0 Å². The molecule has 0 bridgehead atoms. The van der Waals surface area contributed by atoms with Crippen molar-refractivity contribution < 1.29 is 9.47 Å². The van der Waals surface area contributed by atoms with E-state index in [2.05, 4.69) is 27.7 Å². The van der Waals surface area contributed by atoms with Crippen LogP contribution in [0.1, 0.15) is 40.5 Å². The summed E-state index contributed by atoms with van der Waals surface area (Å²) in [5.74, 6) is 0. The van der Waals surface area contributed by atoms with Crippen LogP contribution in [0.4, 0.5) is 0 Å². The van der Waals surface area contributed by atoms with Crippen molar-refractivity contribution in [2.45, 2.75) is 58.3 Å². The minimum atomic E-state index is -0.0326. The van der Waals surface area contributed by atoms with Crippen LogP contribution in [0.15, 0.2) is 0 Å². The number of rotatable bonds is 2. The summed E-state index contributed by atoms with van der Waals surface area (Å²) in [7, 11) is 0. The van der Waals surface area contributed by atoms with Crippen molar-refractivity contribution in [3.8, 4) is 0 Å². The summed E-state index contributed by atoms with van der Waals surface area (Å²) in [5, 5.41) is 0. The Kier molecular flexibility index (Phi) is 3.13. The van der Waals surface area contributed by atoms with Gasteiger partial charge in [-0.05, 0) is 40.5 Å². The third-order valence-electron chi connectivity index (χ3n) is 2.02. The fraction of sp³-hybridized carbons (Fsp3) is 1.00. The minimum absolute atomic E-state index is 0.0326. The molecule has 0 aromatic rings.